The number of hydrogen-bond donors (Lipinski definition) is 2. The summed E-state index contributed by atoms with van der Waals surface area (Å²) in [6, 6.07) is 8.89. The van der Waals surface area contributed by atoms with E-state index in [1.807, 2.05) is 0 Å². The predicted octanol–water partition coefficient (Wildman–Crippen LogP) is 2.86. The minimum Gasteiger partial charge on any atom is -0.451 e. The molecule has 8 nitrogen and oxygen atoms in total. The number of carbonyl (C=O) groups is 2. The van der Waals surface area contributed by atoms with E-state index in [0.717, 1.165) is 6.07 Å². The van der Waals surface area contributed by atoms with E-state index in [9.17, 15) is 24.1 Å². The summed E-state index contributed by atoms with van der Waals surface area (Å²) in [5.74, 6) is -2.02. The van der Waals surface area contributed by atoms with Gasteiger partial charge in [-0.15, -0.1) is 0 Å². The van der Waals surface area contributed by atoms with Gasteiger partial charge in [0.25, 0.3) is 11.6 Å². The van der Waals surface area contributed by atoms with E-state index in [0.29, 0.717) is 16.5 Å². The molecule has 0 radical (unpaired) electrons. The van der Waals surface area contributed by atoms with E-state index < -0.39 is 22.6 Å². The second-order valence-corrected chi connectivity index (χ2v) is 5.41. The molecule has 2 N–H and O–H groups in total. The van der Waals surface area contributed by atoms with Gasteiger partial charge >= 0.3 is 5.91 Å². The number of hydrazine groups is 1. The van der Waals surface area contributed by atoms with Crippen LogP contribution in [-0.2, 0) is 0 Å². The number of hydrogen-bond acceptors (Lipinski definition) is 5. The van der Waals surface area contributed by atoms with Crippen LogP contribution in [0.2, 0.25) is 0 Å². The van der Waals surface area contributed by atoms with Gasteiger partial charge in [-0.2, -0.15) is 0 Å². The molecule has 0 saturated heterocycles. The van der Waals surface area contributed by atoms with Gasteiger partial charge < -0.3 is 4.42 Å². The summed E-state index contributed by atoms with van der Waals surface area (Å²) in [4.78, 5) is 34.3. The van der Waals surface area contributed by atoms with E-state index in [4.69, 9.17) is 4.42 Å². The zero-order valence-electron chi connectivity index (χ0n) is 13.4. The summed E-state index contributed by atoms with van der Waals surface area (Å²) >= 11 is 0. The summed E-state index contributed by atoms with van der Waals surface area (Å²) < 4.78 is 18.7. The highest BCUT2D eigenvalue weighted by Gasteiger charge is 2.19. The Balaban J connectivity index is 1.75. The Kier molecular flexibility index (Phi) is 4.36. The maximum Gasteiger partial charge on any atom is 0.305 e. The molecule has 9 heteroatoms. The van der Waals surface area contributed by atoms with Crippen molar-refractivity contribution in [2.75, 3.05) is 0 Å². The number of non-ortho nitro benzene ring substituents is 1. The van der Waals surface area contributed by atoms with Crippen molar-refractivity contribution in [2.24, 2.45) is 0 Å². The number of aryl methyl sites for hydroxylation is 1. The normalized spacial score (nSPS) is 10.5. The number of benzene rings is 2. The van der Waals surface area contributed by atoms with Crippen LogP contribution in [-0.4, -0.2) is 16.7 Å². The van der Waals surface area contributed by atoms with Crippen molar-refractivity contribution >= 4 is 28.5 Å². The molecule has 0 aliphatic carbocycles. The van der Waals surface area contributed by atoms with Crippen LogP contribution in [0.5, 0.6) is 0 Å². The van der Waals surface area contributed by atoms with E-state index in [-0.39, 0.29) is 17.0 Å². The Morgan fingerprint density at radius 3 is 2.58 bits per heavy atom. The first-order valence-electron chi connectivity index (χ1n) is 7.40. The van der Waals surface area contributed by atoms with Crippen molar-refractivity contribution in [3.8, 4) is 0 Å². The molecular weight excluding hydrogens is 345 g/mol. The molecule has 2 amide bonds. The topological polar surface area (TPSA) is 114 Å². The first kappa shape index (κ1) is 17.1. The van der Waals surface area contributed by atoms with Crippen LogP contribution < -0.4 is 10.9 Å². The summed E-state index contributed by atoms with van der Waals surface area (Å²) in [5.41, 5.74) is 4.82. The maximum atomic E-state index is 13.3. The summed E-state index contributed by atoms with van der Waals surface area (Å²) in [6.07, 6.45) is 0. The van der Waals surface area contributed by atoms with E-state index in [1.54, 1.807) is 6.92 Å². The third-order valence-corrected chi connectivity index (χ3v) is 3.71. The Labute approximate surface area is 145 Å². The number of furan rings is 1. The van der Waals surface area contributed by atoms with E-state index >= 15 is 0 Å². The molecule has 1 heterocycles. The number of nitrogens with one attached hydrogen (secondary N) is 2. The molecule has 1 aromatic heterocycles. The lowest BCUT2D eigenvalue weighted by molar-refractivity contribution is -0.384. The minimum absolute atomic E-state index is 0.00268. The van der Waals surface area contributed by atoms with Crippen LogP contribution in [0.25, 0.3) is 11.0 Å². The number of nitro groups is 1. The Bertz CT molecular complexity index is 1040. The lowest BCUT2D eigenvalue weighted by Gasteiger charge is -2.06. The Morgan fingerprint density at radius 1 is 1.12 bits per heavy atom. The first-order chi connectivity index (χ1) is 12.4. The fraction of sp³-hybridized carbons (Fsp3) is 0.0588. The molecule has 0 saturated carbocycles. The number of fused-ring (bicyclic) bond motifs is 1. The summed E-state index contributed by atoms with van der Waals surface area (Å²) in [7, 11) is 0. The third kappa shape index (κ3) is 3.22. The average molecular weight is 357 g/mol. The second kappa shape index (κ2) is 6.63. The molecule has 0 bridgehead atoms. The molecule has 3 aromatic rings. The van der Waals surface area contributed by atoms with Gasteiger partial charge in [-0.25, -0.2) is 4.39 Å². The minimum atomic E-state index is -0.738. The fourth-order valence-electron chi connectivity index (χ4n) is 2.41. The van der Waals surface area contributed by atoms with Gasteiger partial charge in [0, 0.05) is 28.6 Å². The number of nitro benzene ring substituents is 1. The predicted molar refractivity (Wildman–Crippen MR) is 88.9 cm³/mol. The quantitative estimate of drug-likeness (QED) is 0.552. The molecule has 0 atom stereocenters. The van der Waals surface area contributed by atoms with E-state index in [2.05, 4.69) is 10.9 Å². The average Bonchev–Trinajstić information content (AvgIpc) is 2.96. The standard InChI is InChI=1S/C17H12FN3O5/c1-9-13-8-11(18)5-6-14(13)26-15(9)17(23)20-19-16(22)10-3-2-4-12(7-10)21(24)25/h2-8H,1H3,(H,19,22)(H,20,23). The van der Waals surface area contributed by atoms with E-state index in [1.165, 1.54) is 36.4 Å². The summed E-state index contributed by atoms with van der Waals surface area (Å²) in [5, 5.41) is 11.2. The number of rotatable bonds is 3. The van der Waals surface area contributed by atoms with Crippen LogP contribution in [0.4, 0.5) is 10.1 Å². The molecule has 26 heavy (non-hydrogen) atoms. The van der Waals surface area contributed by atoms with Crippen molar-refractivity contribution < 1.29 is 23.3 Å². The number of amides is 2. The summed E-state index contributed by atoms with van der Waals surface area (Å²) in [6.45, 7) is 1.59. The zero-order chi connectivity index (χ0) is 18.8. The van der Waals surface area contributed by atoms with Crippen molar-refractivity contribution in [1.82, 2.24) is 10.9 Å². The first-order valence-corrected chi connectivity index (χ1v) is 7.40. The Morgan fingerprint density at radius 2 is 1.85 bits per heavy atom. The fourth-order valence-corrected chi connectivity index (χ4v) is 2.41. The van der Waals surface area contributed by atoms with Crippen molar-refractivity contribution in [3.63, 3.8) is 0 Å². The molecule has 0 aliphatic rings. The van der Waals surface area contributed by atoms with Crippen LogP contribution >= 0.6 is 0 Å². The smallest absolute Gasteiger partial charge is 0.305 e. The number of carbonyl (C=O) groups excluding carboxylic acids is 2. The third-order valence-electron chi connectivity index (χ3n) is 3.71. The van der Waals surface area contributed by atoms with Crippen LogP contribution in [0.3, 0.4) is 0 Å². The van der Waals surface area contributed by atoms with Crippen molar-refractivity contribution in [2.45, 2.75) is 6.92 Å². The molecule has 0 aliphatic heterocycles. The van der Waals surface area contributed by atoms with Crippen LogP contribution in [0, 0.1) is 22.9 Å². The molecule has 2 aromatic carbocycles. The van der Waals surface area contributed by atoms with Gasteiger partial charge in [-0.05, 0) is 31.2 Å². The second-order valence-electron chi connectivity index (χ2n) is 5.41. The highest BCUT2D eigenvalue weighted by Crippen LogP contribution is 2.25. The SMILES string of the molecule is Cc1c(C(=O)NNC(=O)c2cccc([N+](=O)[O-])c2)oc2ccc(F)cc12. The number of halogens is 1. The zero-order valence-corrected chi connectivity index (χ0v) is 13.4. The van der Waals surface area contributed by atoms with Gasteiger partial charge in [0.15, 0.2) is 5.76 Å². The maximum absolute atomic E-state index is 13.3. The van der Waals surface area contributed by atoms with Crippen molar-refractivity contribution in [3.05, 3.63) is 75.3 Å². The largest absolute Gasteiger partial charge is 0.451 e. The highest BCUT2D eigenvalue weighted by molar-refractivity contribution is 6.01. The molecule has 132 valence electrons. The van der Waals surface area contributed by atoms with Crippen molar-refractivity contribution in [1.29, 1.82) is 0 Å². The molecule has 0 spiro atoms. The molecule has 0 unspecified atom stereocenters. The molecular formula is C17H12FN3O5. The lowest BCUT2D eigenvalue weighted by atomic mass is 10.1. The van der Waals surface area contributed by atoms with Gasteiger partial charge in [0.2, 0.25) is 0 Å². The Hall–Kier alpha value is -3.75. The molecule has 3 rings (SSSR count). The van der Waals surface area contributed by atoms with Gasteiger partial charge in [-0.1, -0.05) is 6.07 Å². The van der Waals surface area contributed by atoms with Gasteiger partial charge in [0.1, 0.15) is 11.4 Å². The van der Waals surface area contributed by atoms with Crippen LogP contribution in [0.15, 0.2) is 46.9 Å². The van der Waals surface area contributed by atoms with Crippen LogP contribution in [0.1, 0.15) is 26.5 Å². The van der Waals surface area contributed by atoms with Gasteiger partial charge in [0.05, 0.1) is 4.92 Å². The number of nitrogens with zero attached hydrogens (tertiary/aromatic N) is 1. The monoisotopic (exact) mass is 357 g/mol. The van der Waals surface area contributed by atoms with Gasteiger partial charge in [-0.3, -0.25) is 30.6 Å². The highest BCUT2D eigenvalue weighted by atomic mass is 19.1. The lowest BCUT2D eigenvalue weighted by Crippen LogP contribution is -2.41. The molecule has 0 fully saturated rings.